The SMILES string of the molecule is CC(C)(C)NC(=O)N1CCc2c(-c3cccc4c3CNC4=O)ccc(CNC(=O)[C@@H]3C[C@H]3c3ccccc3)c2C1. The number of nitrogens with one attached hydrogen (secondary N) is 3. The van der Waals surface area contributed by atoms with Crippen LogP contribution in [0.15, 0.2) is 60.7 Å². The first kappa shape index (κ1) is 26.1. The summed E-state index contributed by atoms with van der Waals surface area (Å²) in [4.78, 5) is 40.4. The fourth-order valence-corrected chi connectivity index (χ4v) is 6.10. The number of carbonyl (C=O) groups is 3. The molecular formula is C33H36N4O3. The zero-order chi connectivity index (χ0) is 28.0. The van der Waals surface area contributed by atoms with Crippen LogP contribution in [-0.2, 0) is 30.8 Å². The Bertz CT molecular complexity index is 1490. The first-order chi connectivity index (χ1) is 19.2. The van der Waals surface area contributed by atoms with E-state index in [-0.39, 0.29) is 35.2 Å². The molecule has 0 spiro atoms. The molecule has 3 aromatic carbocycles. The van der Waals surface area contributed by atoms with E-state index in [0.29, 0.717) is 32.6 Å². The quantitative estimate of drug-likeness (QED) is 0.434. The van der Waals surface area contributed by atoms with Crippen molar-refractivity contribution in [1.82, 2.24) is 20.9 Å². The van der Waals surface area contributed by atoms with Gasteiger partial charge in [-0.1, -0.05) is 54.6 Å². The molecule has 206 valence electrons. The summed E-state index contributed by atoms with van der Waals surface area (Å²) in [7, 11) is 0. The van der Waals surface area contributed by atoms with Crippen molar-refractivity contribution in [3.05, 3.63) is 94.0 Å². The highest BCUT2D eigenvalue weighted by molar-refractivity contribution is 6.00. The highest BCUT2D eigenvalue weighted by Gasteiger charge is 2.43. The Hall–Kier alpha value is -4.13. The van der Waals surface area contributed by atoms with E-state index in [1.165, 1.54) is 11.1 Å². The molecule has 2 atom stereocenters. The minimum absolute atomic E-state index is 0.00325. The van der Waals surface area contributed by atoms with Crippen LogP contribution in [0.2, 0.25) is 0 Å². The third-order valence-corrected chi connectivity index (χ3v) is 8.22. The van der Waals surface area contributed by atoms with E-state index in [0.717, 1.165) is 39.8 Å². The molecule has 0 unspecified atom stereocenters. The molecule has 3 aromatic rings. The fraction of sp³-hybridized carbons (Fsp3) is 0.364. The van der Waals surface area contributed by atoms with E-state index in [9.17, 15) is 14.4 Å². The van der Waals surface area contributed by atoms with Crippen molar-refractivity contribution < 1.29 is 14.4 Å². The lowest BCUT2D eigenvalue weighted by Gasteiger charge is -2.34. The minimum Gasteiger partial charge on any atom is -0.352 e. The average molecular weight is 537 g/mol. The van der Waals surface area contributed by atoms with Crippen LogP contribution in [0.4, 0.5) is 4.79 Å². The average Bonchev–Trinajstić information content (AvgIpc) is 3.66. The smallest absolute Gasteiger partial charge is 0.318 e. The van der Waals surface area contributed by atoms with E-state index < -0.39 is 0 Å². The molecule has 3 N–H and O–H groups in total. The lowest BCUT2D eigenvalue weighted by Crippen LogP contribution is -2.50. The lowest BCUT2D eigenvalue weighted by atomic mass is 9.85. The molecule has 40 heavy (non-hydrogen) atoms. The number of rotatable bonds is 5. The van der Waals surface area contributed by atoms with Gasteiger partial charge in [-0.15, -0.1) is 0 Å². The van der Waals surface area contributed by atoms with Crippen LogP contribution < -0.4 is 16.0 Å². The van der Waals surface area contributed by atoms with E-state index in [1.54, 1.807) is 0 Å². The van der Waals surface area contributed by atoms with Crippen molar-refractivity contribution in [2.24, 2.45) is 5.92 Å². The molecule has 6 rings (SSSR count). The summed E-state index contributed by atoms with van der Waals surface area (Å²) >= 11 is 0. The molecule has 4 amide bonds. The normalized spacial score (nSPS) is 19.4. The van der Waals surface area contributed by atoms with Crippen LogP contribution in [0.25, 0.3) is 11.1 Å². The predicted octanol–water partition coefficient (Wildman–Crippen LogP) is 4.88. The second-order valence-electron chi connectivity index (χ2n) is 12.2. The zero-order valence-electron chi connectivity index (χ0n) is 23.3. The van der Waals surface area contributed by atoms with E-state index in [4.69, 9.17) is 0 Å². The molecule has 0 aromatic heterocycles. The zero-order valence-corrected chi connectivity index (χ0v) is 23.3. The molecule has 0 bridgehead atoms. The third-order valence-electron chi connectivity index (χ3n) is 8.22. The molecule has 1 aliphatic carbocycles. The molecule has 2 aliphatic heterocycles. The second-order valence-corrected chi connectivity index (χ2v) is 12.2. The number of nitrogens with zero attached hydrogens (tertiary/aromatic N) is 1. The first-order valence-corrected chi connectivity index (χ1v) is 14.1. The van der Waals surface area contributed by atoms with Crippen LogP contribution in [0, 0.1) is 5.92 Å². The summed E-state index contributed by atoms with van der Waals surface area (Å²) in [6.07, 6.45) is 1.58. The predicted molar refractivity (Wildman–Crippen MR) is 155 cm³/mol. The Morgan fingerprint density at radius 3 is 2.45 bits per heavy atom. The Balaban J connectivity index is 1.28. The minimum atomic E-state index is -0.334. The van der Waals surface area contributed by atoms with Gasteiger partial charge in [0, 0.05) is 43.2 Å². The number of carbonyl (C=O) groups excluding carboxylic acids is 3. The van der Waals surface area contributed by atoms with Crippen molar-refractivity contribution in [3.8, 4) is 11.1 Å². The maximum Gasteiger partial charge on any atom is 0.318 e. The molecule has 1 saturated carbocycles. The largest absolute Gasteiger partial charge is 0.352 e. The Kier molecular flexibility index (Phi) is 6.61. The van der Waals surface area contributed by atoms with Gasteiger partial charge in [-0.2, -0.15) is 0 Å². The van der Waals surface area contributed by atoms with E-state index in [2.05, 4.69) is 46.3 Å². The summed E-state index contributed by atoms with van der Waals surface area (Å²) in [5, 5.41) is 9.22. The number of amides is 4. The van der Waals surface area contributed by atoms with Gasteiger partial charge in [0.05, 0.1) is 0 Å². The summed E-state index contributed by atoms with van der Waals surface area (Å²) in [5.41, 5.74) is 8.07. The van der Waals surface area contributed by atoms with Gasteiger partial charge in [0.15, 0.2) is 0 Å². The monoisotopic (exact) mass is 536 g/mol. The van der Waals surface area contributed by atoms with Crippen LogP contribution in [-0.4, -0.2) is 34.8 Å². The second kappa shape index (κ2) is 10.1. The van der Waals surface area contributed by atoms with Gasteiger partial charge in [-0.3, -0.25) is 9.59 Å². The summed E-state index contributed by atoms with van der Waals surface area (Å²) in [5.74, 6) is 0.327. The van der Waals surface area contributed by atoms with Crippen molar-refractivity contribution in [3.63, 3.8) is 0 Å². The molecular weight excluding hydrogens is 500 g/mol. The topological polar surface area (TPSA) is 90.5 Å². The number of hydrogen-bond donors (Lipinski definition) is 3. The summed E-state index contributed by atoms with van der Waals surface area (Å²) in [6, 6.07) is 20.2. The maximum absolute atomic E-state index is 13.1. The van der Waals surface area contributed by atoms with Crippen molar-refractivity contribution in [2.75, 3.05) is 6.54 Å². The molecule has 7 nitrogen and oxygen atoms in total. The van der Waals surface area contributed by atoms with Gasteiger partial charge in [0.25, 0.3) is 5.91 Å². The van der Waals surface area contributed by atoms with Crippen molar-refractivity contribution in [1.29, 1.82) is 0 Å². The highest BCUT2D eigenvalue weighted by atomic mass is 16.2. The van der Waals surface area contributed by atoms with E-state index >= 15 is 0 Å². The lowest BCUT2D eigenvalue weighted by molar-refractivity contribution is -0.122. The summed E-state index contributed by atoms with van der Waals surface area (Å²) < 4.78 is 0. The molecule has 7 heteroatoms. The Labute approximate surface area is 235 Å². The highest BCUT2D eigenvalue weighted by Crippen LogP contribution is 2.47. The maximum atomic E-state index is 13.1. The van der Waals surface area contributed by atoms with Gasteiger partial charge in [0.2, 0.25) is 5.91 Å². The van der Waals surface area contributed by atoms with Gasteiger partial charge in [0.1, 0.15) is 0 Å². The van der Waals surface area contributed by atoms with Crippen LogP contribution in [0.5, 0.6) is 0 Å². The van der Waals surface area contributed by atoms with Gasteiger partial charge >= 0.3 is 6.03 Å². The number of urea groups is 1. The van der Waals surface area contributed by atoms with Crippen molar-refractivity contribution >= 4 is 17.8 Å². The fourth-order valence-electron chi connectivity index (χ4n) is 6.10. The number of hydrogen-bond acceptors (Lipinski definition) is 3. The number of benzene rings is 3. The standard InChI is InChI=1S/C33H36N4O3/c1-33(2,3)36-32(40)37-15-14-24-23(22-10-7-11-25-28(22)18-35-30(25)38)13-12-21(29(24)19-37)17-34-31(39)27-16-26(27)20-8-5-4-6-9-20/h4-13,26-27H,14-19H2,1-3H3,(H,34,39)(H,35,38)(H,36,40)/t26-,27+/m0/s1. The molecule has 3 aliphatic rings. The molecule has 2 heterocycles. The van der Waals surface area contributed by atoms with Gasteiger partial charge < -0.3 is 20.9 Å². The Morgan fingerprint density at radius 2 is 1.68 bits per heavy atom. The summed E-state index contributed by atoms with van der Waals surface area (Å²) in [6.45, 7) is 7.95. The molecule has 0 radical (unpaired) electrons. The molecule has 0 saturated heterocycles. The number of fused-ring (bicyclic) bond motifs is 2. The van der Waals surface area contributed by atoms with Crippen LogP contribution in [0.3, 0.4) is 0 Å². The van der Waals surface area contributed by atoms with E-state index in [1.807, 2.05) is 56.0 Å². The van der Waals surface area contributed by atoms with Crippen LogP contribution in [0.1, 0.15) is 71.3 Å². The van der Waals surface area contributed by atoms with Gasteiger partial charge in [-0.05, 0) is 84.5 Å². The Morgan fingerprint density at radius 1 is 0.925 bits per heavy atom. The van der Waals surface area contributed by atoms with Gasteiger partial charge in [-0.25, -0.2) is 4.79 Å². The van der Waals surface area contributed by atoms with Crippen LogP contribution >= 0.6 is 0 Å². The third kappa shape index (κ3) is 5.08. The first-order valence-electron chi connectivity index (χ1n) is 14.1. The van der Waals surface area contributed by atoms with Crippen molar-refractivity contribution in [2.45, 2.75) is 64.7 Å². The molecule has 1 fully saturated rings.